The molecule has 20 heavy (non-hydrogen) atoms. The number of nitro groups is 1. The molecule has 3 N–H and O–H groups in total. The molecule has 0 aromatic carbocycles. The number of hydrogen-bond acceptors (Lipinski definition) is 6. The highest BCUT2D eigenvalue weighted by Gasteiger charge is 2.19. The Morgan fingerprint density at radius 1 is 1.45 bits per heavy atom. The monoisotopic (exact) mass is 277 g/mol. The lowest BCUT2D eigenvalue weighted by molar-refractivity contribution is -0.385. The zero-order valence-electron chi connectivity index (χ0n) is 9.76. The van der Waals surface area contributed by atoms with E-state index in [9.17, 15) is 19.7 Å². The molecule has 2 rings (SSSR count). The number of nitrogens with two attached hydrogens (primary N) is 1. The van der Waals surface area contributed by atoms with Crippen molar-refractivity contribution in [3.63, 3.8) is 0 Å². The molecule has 0 radical (unpaired) electrons. The van der Waals surface area contributed by atoms with Crippen molar-refractivity contribution in [3.8, 4) is 5.82 Å². The summed E-state index contributed by atoms with van der Waals surface area (Å²) in [6.07, 6.45) is 2.17. The van der Waals surface area contributed by atoms with Gasteiger partial charge in [0.2, 0.25) is 0 Å². The van der Waals surface area contributed by atoms with Gasteiger partial charge in [-0.05, 0) is 6.07 Å². The van der Waals surface area contributed by atoms with Gasteiger partial charge in [-0.25, -0.2) is 14.5 Å². The molecular formula is C10H7N5O5. The first-order chi connectivity index (χ1) is 9.40. The van der Waals surface area contributed by atoms with Gasteiger partial charge in [0.05, 0.1) is 4.92 Å². The van der Waals surface area contributed by atoms with E-state index in [0.717, 1.165) is 16.9 Å². The smallest absolute Gasteiger partial charge is 0.339 e. The predicted octanol–water partition coefficient (Wildman–Crippen LogP) is -0.0274. The summed E-state index contributed by atoms with van der Waals surface area (Å²) in [6, 6.07) is 2.13. The summed E-state index contributed by atoms with van der Waals surface area (Å²) >= 11 is 0. The lowest BCUT2D eigenvalue weighted by Gasteiger charge is -2.04. The van der Waals surface area contributed by atoms with Crippen molar-refractivity contribution < 1.29 is 19.6 Å². The van der Waals surface area contributed by atoms with Crippen LogP contribution in [0.15, 0.2) is 24.5 Å². The minimum absolute atomic E-state index is 0.0820. The summed E-state index contributed by atoms with van der Waals surface area (Å²) in [5, 5.41) is 23.4. The topological polar surface area (TPSA) is 154 Å². The number of carboxylic acids is 1. The molecule has 2 heterocycles. The predicted molar refractivity (Wildman–Crippen MR) is 63.5 cm³/mol. The van der Waals surface area contributed by atoms with Gasteiger partial charge < -0.3 is 10.8 Å². The third-order valence-corrected chi connectivity index (χ3v) is 2.35. The summed E-state index contributed by atoms with van der Waals surface area (Å²) in [5.74, 6) is -2.36. The number of rotatable bonds is 4. The van der Waals surface area contributed by atoms with Crippen LogP contribution in [-0.2, 0) is 0 Å². The quantitative estimate of drug-likeness (QED) is 0.587. The lowest BCUT2D eigenvalue weighted by Crippen LogP contribution is -2.14. The van der Waals surface area contributed by atoms with Gasteiger partial charge >= 0.3 is 5.97 Å². The Bertz CT molecular complexity index is 723. The third-order valence-electron chi connectivity index (χ3n) is 2.35. The van der Waals surface area contributed by atoms with Gasteiger partial charge in [-0.3, -0.25) is 14.9 Å². The van der Waals surface area contributed by atoms with E-state index < -0.39 is 28.1 Å². The second kappa shape index (κ2) is 4.76. The van der Waals surface area contributed by atoms with Crippen molar-refractivity contribution in [2.45, 2.75) is 0 Å². The molecule has 102 valence electrons. The van der Waals surface area contributed by atoms with Crippen molar-refractivity contribution in [2.75, 3.05) is 0 Å². The first kappa shape index (κ1) is 13.1. The maximum Gasteiger partial charge on any atom is 0.339 e. The average molecular weight is 277 g/mol. The molecular weight excluding hydrogens is 270 g/mol. The van der Waals surface area contributed by atoms with Gasteiger partial charge in [-0.2, -0.15) is 5.10 Å². The number of carbonyl (C=O) groups is 2. The summed E-state index contributed by atoms with van der Waals surface area (Å²) in [7, 11) is 0. The Balaban J connectivity index is 2.57. The minimum atomic E-state index is -1.41. The van der Waals surface area contributed by atoms with Gasteiger partial charge in [0.1, 0.15) is 17.5 Å². The van der Waals surface area contributed by atoms with Crippen molar-refractivity contribution in [2.24, 2.45) is 5.73 Å². The third kappa shape index (κ3) is 2.29. The molecule has 0 aliphatic rings. The van der Waals surface area contributed by atoms with Gasteiger partial charge in [-0.15, -0.1) is 0 Å². The number of amides is 1. The van der Waals surface area contributed by atoms with E-state index in [1.807, 2.05) is 0 Å². The maximum absolute atomic E-state index is 11.1. The molecule has 0 atom stereocenters. The molecule has 0 aliphatic heterocycles. The molecule has 0 unspecified atom stereocenters. The summed E-state index contributed by atoms with van der Waals surface area (Å²) in [6.45, 7) is 0. The van der Waals surface area contributed by atoms with E-state index in [2.05, 4.69) is 10.1 Å². The van der Waals surface area contributed by atoms with Crippen molar-refractivity contribution in [1.29, 1.82) is 0 Å². The fraction of sp³-hybridized carbons (Fsp3) is 0. The van der Waals surface area contributed by atoms with E-state index in [4.69, 9.17) is 10.8 Å². The number of pyridine rings is 1. The summed E-state index contributed by atoms with van der Waals surface area (Å²) in [5.41, 5.74) is 4.06. The average Bonchev–Trinajstić information content (AvgIpc) is 2.87. The fourth-order valence-corrected chi connectivity index (χ4v) is 1.46. The number of carboxylic acid groups (broad SMARTS) is 1. The maximum atomic E-state index is 11.1. The summed E-state index contributed by atoms with van der Waals surface area (Å²) < 4.78 is 1.01. The van der Waals surface area contributed by atoms with E-state index in [1.165, 1.54) is 12.3 Å². The van der Waals surface area contributed by atoms with Crippen LogP contribution in [0.1, 0.15) is 20.8 Å². The number of aromatic nitrogens is 3. The van der Waals surface area contributed by atoms with Crippen LogP contribution in [-0.4, -0.2) is 36.7 Å². The number of aromatic carboxylic acids is 1. The molecule has 10 nitrogen and oxygen atoms in total. The highest BCUT2D eigenvalue weighted by atomic mass is 16.6. The number of carbonyl (C=O) groups excluding carboxylic acids is 1. The Morgan fingerprint density at radius 3 is 2.65 bits per heavy atom. The molecule has 1 amide bonds. The Morgan fingerprint density at radius 2 is 2.15 bits per heavy atom. The normalized spacial score (nSPS) is 10.2. The molecule has 0 saturated heterocycles. The molecule has 10 heteroatoms. The van der Waals surface area contributed by atoms with Crippen molar-refractivity contribution in [1.82, 2.24) is 14.8 Å². The van der Waals surface area contributed by atoms with Gasteiger partial charge in [-0.1, -0.05) is 0 Å². The van der Waals surface area contributed by atoms with E-state index in [0.29, 0.717) is 0 Å². The number of nitrogens with zero attached hydrogens (tertiary/aromatic N) is 4. The molecule has 0 bridgehead atoms. The van der Waals surface area contributed by atoms with Crippen LogP contribution in [0, 0.1) is 10.1 Å². The number of hydrogen-bond donors (Lipinski definition) is 2. The fourth-order valence-electron chi connectivity index (χ4n) is 1.46. The largest absolute Gasteiger partial charge is 0.478 e. The van der Waals surface area contributed by atoms with Gasteiger partial charge in [0.25, 0.3) is 11.6 Å². The Hall–Kier alpha value is -3.30. The highest BCUT2D eigenvalue weighted by molar-refractivity contribution is 5.92. The summed E-state index contributed by atoms with van der Waals surface area (Å²) in [4.78, 5) is 35.6. The van der Waals surface area contributed by atoms with E-state index in [-0.39, 0.29) is 11.5 Å². The van der Waals surface area contributed by atoms with Crippen LogP contribution in [0.5, 0.6) is 0 Å². The van der Waals surface area contributed by atoms with Gasteiger partial charge in [0.15, 0.2) is 5.82 Å². The lowest BCUT2D eigenvalue weighted by atomic mass is 10.2. The van der Waals surface area contributed by atoms with Crippen LogP contribution < -0.4 is 5.73 Å². The van der Waals surface area contributed by atoms with Crippen LogP contribution in [0.25, 0.3) is 5.82 Å². The van der Waals surface area contributed by atoms with Crippen LogP contribution in [0.3, 0.4) is 0 Å². The molecule has 2 aromatic heterocycles. The van der Waals surface area contributed by atoms with Crippen LogP contribution >= 0.6 is 0 Å². The first-order valence-corrected chi connectivity index (χ1v) is 5.13. The molecule has 0 fully saturated rings. The Labute approximate surface area is 110 Å². The molecule has 0 saturated carbocycles. The zero-order chi connectivity index (χ0) is 14.9. The SMILES string of the molecule is NC(=O)c1ccn(-c2ncc([N+](=O)[O-])cc2C(=O)O)n1. The zero-order valence-corrected chi connectivity index (χ0v) is 9.76. The van der Waals surface area contributed by atoms with Crippen molar-refractivity contribution in [3.05, 3.63) is 45.9 Å². The minimum Gasteiger partial charge on any atom is -0.478 e. The van der Waals surface area contributed by atoms with E-state index in [1.54, 1.807) is 0 Å². The van der Waals surface area contributed by atoms with Crippen molar-refractivity contribution >= 4 is 17.6 Å². The highest BCUT2D eigenvalue weighted by Crippen LogP contribution is 2.18. The standard InChI is InChI=1S/C10H7N5O5/c11-8(16)7-1-2-14(13-7)9-6(10(17)18)3-5(4-12-9)15(19)20/h1-4H,(H2,11,16)(H,17,18). The van der Waals surface area contributed by atoms with Gasteiger partial charge in [0, 0.05) is 12.3 Å². The molecule has 0 spiro atoms. The Kier molecular flexibility index (Phi) is 3.13. The molecule has 2 aromatic rings. The number of primary amides is 1. The van der Waals surface area contributed by atoms with Crippen LogP contribution in [0.2, 0.25) is 0 Å². The van der Waals surface area contributed by atoms with Crippen LogP contribution in [0.4, 0.5) is 5.69 Å². The first-order valence-electron chi connectivity index (χ1n) is 5.13. The molecule has 0 aliphatic carbocycles. The second-order valence-corrected chi connectivity index (χ2v) is 3.64. The second-order valence-electron chi connectivity index (χ2n) is 3.64. The van der Waals surface area contributed by atoms with E-state index >= 15 is 0 Å².